The summed E-state index contributed by atoms with van der Waals surface area (Å²) in [7, 11) is -2.15. The van der Waals surface area contributed by atoms with Gasteiger partial charge in [0.05, 0.1) is 17.3 Å². The van der Waals surface area contributed by atoms with Gasteiger partial charge in [-0.2, -0.15) is 0 Å². The largest absolute Gasteiger partial charge is 0.407 e. The fourth-order valence-electron chi connectivity index (χ4n) is 2.29. The van der Waals surface area contributed by atoms with Crippen molar-refractivity contribution in [3.63, 3.8) is 0 Å². The Morgan fingerprint density at radius 2 is 2.03 bits per heavy atom. The lowest BCUT2D eigenvalue weighted by molar-refractivity contribution is -0.117. The van der Waals surface area contributed by atoms with Crippen LogP contribution in [0, 0.1) is 6.92 Å². The van der Waals surface area contributed by atoms with Crippen LogP contribution in [0.15, 0.2) is 22.9 Å². The predicted molar refractivity (Wildman–Crippen MR) is 122 cm³/mol. The van der Waals surface area contributed by atoms with Gasteiger partial charge in [-0.25, -0.2) is 9.37 Å². The second-order valence-electron chi connectivity index (χ2n) is 8.94. The highest BCUT2D eigenvalue weighted by Crippen LogP contribution is 2.39. The van der Waals surface area contributed by atoms with E-state index in [1.807, 2.05) is 25.3 Å². The molecule has 0 amide bonds. The number of carbonyl (C=O) groups excluding carboxylic acids is 1. The minimum atomic E-state index is -2.15. The van der Waals surface area contributed by atoms with Gasteiger partial charge < -0.3 is 14.0 Å². The van der Waals surface area contributed by atoms with Crippen LogP contribution in [-0.4, -0.2) is 38.4 Å². The van der Waals surface area contributed by atoms with E-state index in [0.29, 0.717) is 25.1 Å². The molecule has 0 aliphatic carbocycles. The third kappa shape index (κ3) is 9.03. The number of hydrogen-bond donors (Lipinski definition) is 0. The monoisotopic (exact) mass is 441 g/mol. The van der Waals surface area contributed by atoms with E-state index in [1.54, 1.807) is 6.92 Å². The van der Waals surface area contributed by atoms with E-state index in [4.69, 9.17) is 9.16 Å². The van der Waals surface area contributed by atoms with Crippen LogP contribution in [-0.2, 0) is 14.0 Å². The van der Waals surface area contributed by atoms with Crippen LogP contribution < -0.4 is 0 Å². The lowest BCUT2D eigenvalue weighted by Gasteiger charge is -2.38. The molecule has 0 saturated carbocycles. The molecule has 0 N–H and O–H groups in total. The number of nitrogens with zero attached hydrogens (tertiary/aromatic N) is 1. The van der Waals surface area contributed by atoms with Gasteiger partial charge in [-0.15, -0.1) is 11.3 Å². The smallest absolute Gasteiger partial charge is 0.193 e. The number of thiazole rings is 1. The first kappa shape index (κ1) is 25.9. The van der Waals surface area contributed by atoms with Crippen molar-refractivity contribution in [3.05, 3.63) is 33.6 Å². The average Bonchev–Trinajstić information content (AvgIpc) is 3.01. The Morgan fingerprint density at radius 3 is 2.55 bits per heavy atom. The topological polar surface area (TPSA) is 48.4 Å². The van der Waals surface area contributed by atoms with Crippen LogP contribution in [0.3, 0.4) is 0 Å². The summed E-state index contributed by atoms with van der Waals surface area (Å²) in [6.07, 6.45) is 4.38. The molecule has 0 bridgehead atoms. The second kappa shape index (κ2) is 11.3. The summed E-state index contributed by atoms with van der Waals surface area (Å²) in [6.45, 7) is 16.8. The zero-order chi connectivity index (χ0) is 22.2. The van der Waals surface area contributed by atoms with Gasteiger partial charge >= 0.3 is 0 Å². The first-order chi connectivity index (χ1) is 13.4. The maximum absolute atomic E-state index is 15.2. The zero-order valence-electron chi connectivity index (χ0n) is 19.0. The summed E-state index contributed by atoms with van der Waals surface area (Å²) in [5, 5.41) is 2.75. The Bertz CT molecular complexity index is 722. The fourth-order valence-corrected chi connectivity index (χ4v) is 4.13. The molecule has 0 unspecified atom stereocenters. The van der Waals surface area contributed by atoms with Crippen LogP contribution in [0.25, 0.3) is 6.08 Å². The van der Waals surface area contributed by atoms with Crippen molar-refractivity contribution in [2.24, 2.45) is 0 Å². The molecule has 1 aromatic rings. The lowest BCUT2D eigenvalue weighted by atomic mass is 10.1. The van der Waals surface area contributed by atoms with Crippen molar-refractivity contribution in [1.29, 1.82) is 0 Å². The van der Waals surface area contributed by atoms with Crippen molar-refractivity contribution in [3.8, 4) is 0 Å². The van der Waals surface area contributed by atoms with Crippen LogP contribution in [0.1, 0.15) is 58.2 Å². The van der Waals surface area contributed by atoms with Crippen LogP contribution in [0.5, 0.6) is 0 Å². The van der Waals surface area contributed by atoms with E-state index in [9.17, 15) is 4.79 Å². The molecule has 0 saturated heterocycles. The SMILES string of the molecule is C/C(=C/C[C@H](O[Si](C)(C)C(C)(C)C)/C(F)=C\c1csc(C)n1)CCO[C@H](C)C=O. The molecular weight excluding hydrogens is 405 g/mol. The van der Waals surface area contributed by atoms with Crippen LogP contribution in [0.2, 0.25) is 18.1 Å². The van der Waals surface area contributed by atoms with Gasteiger partial charge in [0, 0.05) is 5.38 Å². The highest BCUT2D eigenvalue weighted by Gasteiger charge is 2.39. The number of rotatable bonds is 11. The Labute approximate surface area is 180 Å². The van der Waals surface area contributed by atoms with Crippen molar-refractivity contribution in [2.45, 2.75) is 84.7 Å². The van der Waals surface area contributed by atoms with Gasteiger partial charge in [-0.1, -0.05) is 32.4 Å². The Hall–Kier alpha value is -1.15. The molecule has 0 aromatic carbocycles. The molecular formula is C22H36FNO3SSi. The van der Waals surface area contributed by atoms with Crippen molar-refractivity contribution >= 4 is 32.0 Å². The zero-order valence-corrected chi connectivity index (χ0v) is 20.9. The predicted octanol–water partition coefficient (Wildman–Crippen LogP) is 6.48. The average molecular weight is 442 g/mol. The van der Waals surface area contributed by atoms with Crippen LogP contribution >= 0.6 is 11.3 Å². The summed E-state index contributed by atoms with van der Waals surface area (Å²) in [5.74, 6) is -0.296. The minimum absolute atomic E-state index is 0.0136. The molecule has 164 valence electrons. The molecule has 1 rings (SSSR count). The number of carbonyl (C=O) groups is 1. The molecule has 1 aromatic heterocycles. The molecule has 4 nitrogen and oxygen atoms in total. The molecule has 0 fully saturated rings. The molecule has 0 aliphatic rings. The van der Waals surface area contributed by atoms with E-state index in [-0.39, 0.29) is 10.9 Å². The normalized spacial score (nSPS) is 16.0. The number of aromatic nitrogens is 1. The molecule has 2 atom stereocenters. The third-order valence-electron chi connectivity index (χ3n) is 5.22. The van der Waals surface area contributed by atoms with E-state index >= 15 is 4.39 Å². The van der Waals surface area contributed by atoms with Gasteiger partial charge in [0.25, 0.3) is 0 Å². The summed E-state index contributed by atoms with van der Waals surface area (Å²) >= 11 is 1.50. The third-order valence-corrected chi connectivity index (χ3v) is 10.5. The lowest BCUT2D eigenvalue weighted by Crippen LogP contribution is -2.44. The molecule has 0 radical (unpaired) electrons. The Kier molecular flexibility index (Phi) is 10.1. The van der Waals surface area contributed by atoms with E-state index in [0.717, 1.165) is 16.9 Å². The van der Waals surface area contributed by atoms with Gasteiger partial charge in [-0.05, 0) is 57.8 Å². The number of hydrogen-bond acceptors (Lipinski definition) is 5. The maximum atomic E-state index is 15.2. The quantitative estimate of drug-likeness (QED) is 0.224. The van der Waals surface area contributed by atoms with Crippen molar-refractivity contribution in [1.82, 2.24) is 4.98 Å². The van der Waals surface area contributed by atoms with Gasteiger partial charge in [0.2, 0.25) is 0 Å². The first-order valence-electron chi connectivity index (χ1n) is 10.1. The Morgan fingerprint density at radius 1 is 1.38 bits per heavy atom. The highest BCUT2D eigenvalue weighted by molar-refractivity contribution is 7.09. The van der Waals surface area contributed by atoms with E-state index in [1.165, 1.54) is 17.4 Å². The molecule has 0 spiro atoms. The molecule has 0 aliphatic heterocycles. The van der Waals surface area contributed by atoms with Crippen molar-refractivity contribution in [2.75, 3.05) is 6.61 Å². The van der Waals surface area contributed by atoms with Crippen LogP contribution in [0.4, 0.5) is 4.39 Å². The fraction of sp³-hybridized carbons (Fsp3) is 0.636. The maximum Gasteiger partial charge on any atom is 0.193 e. The second-order valence-corrected chi connectivity index (χ2v) is 14.8. The summed E-state index contributed by atoms with van der Waals surface area (Å²) in [6, 6.07) is 0. The van der Waals surface area contributed by atoms with Gasteiger partial charge in [0.1, 0.15) is 24.3 Å². The first-order valence-corrected chi connectivity index (χ1v) is 13.8. The molecule has 29 heavy (non-hydrogen) atoms. The number of aryl methyl sites for hydroxylation is 1. The Balaban J connectivity index is 2.94. The molecule has 7 heteroatoms. The number of ether oxygens (including phenoxy) is 1. The number of halogens is 1. The van der Waals surface area contributed by atoms with Gasteiger partial charge in [0.15, 0.2) is 8.32 Å². The summed E-state index contributed by atoms with van der Waals surface area (Å²) in [4.78, 5) is 15.0. The molecule has 1 heterocycles. The standard InChI is InChI=1S/C22H36FNO3SSi/c1-16(11-12-26-17(2)14-25)9-10-21(27-29(7,8)22(4,5)6)20(23)13-19-15-28-18(3)24-19/h9,13-15,17,21H,10-12H2,1-8H3/b16-9-,20-13+/t17-,21+/m1/s1. The summed E-state index contributed by atoms with van der Waals surface area (Å²) < 4.78 is 27.0. The van der Waals surface area contributed by atoms with E-state index < -0.39 is 20.5 Å². The van der Waals surface area contributed by atoms with E-state index in [2.05, 4.69) is 38.8 Å². The van der Waals surface area contributed by atoms with Crippen molar-refractivity contribution < 1.29 is 18.3 Å². The minimum Gasteiger partial charge on any atom is -0.407 e. The van der Waals surface area contributed by atoms with Gasteiger partial charge in [-0.3, -0.25) is 0 Å². The number of aldehydes is 1. The summed E-state index contributed by atoms with van der Waals surface area (Å²) in [5.41, 5.74) is 1.72. The highest BCUT2D eigenvalue weighted by atomic mass is 32.1.